The highest BCUT2D eigenvalue weighted by atomic mass is 35.5. The SMILES string of the molecule is CCCCOc1c(C(=O)NCc2cccc(Cl)c2)n(CC(OC)OC)cc(-c2ccccc2)c1=O. The van der Waals surface area contributed by atoms with Crippen LogP contribution in [0.5, 0.6) is 5.75 Å². The lowest BCUT2D eigenvalue weighted by molar-refractivity contribution is -0.111. The summed E-state index contributed by atoms with van der Waals surface area (Å²) in [5.41, 5.74) is 1.76. The van der Waals surface area contributed by atoms with Gasteiger partial charge in [0.1, 0.15) is 0 Å². The number of carbonyl (C=O) groups is 1. The molecule has 0 aliphatic heterocycles. The Labute approximate surface area is 210 Å². The van der Waals surface area contributed by atoms with Gasteiger partial charge in [-0.15, -0.1) is 0 Å². The second-order valence-corrected chi connectivity index (χ2v) is 8.42. The lowest BCUT2D eigenvalue weighted by atomic mass is 10.1. The number of halogens is 1. The molecule has 0 atom stereocenters. The fourth-order valence-corrected chi connectivity index (χ4v) is 3.82. The Kier molecular flexibility index (Phi) is 9.90. The van der Waals surface area contributed by atoms with Gasteiger partial charge in [-0.2, -0.15) is 0 Å². The van der Waals surface area contributed by atoms with E-state index in [1.165, 1.54) is 14.2 Å². The molecule has 1 N–H and O–H groups in total. The van der Waals surface area contributed by atoms with E-state index in [4.69, 9.17) is 25.8 Å². The number of carbonyl (C=O) groups excluding carboxylic acids is 1. The standard InChI is InChI=1S/C27H31ClN2O5/c1-4-5-14-35-26-24(27(32)29-16-19-10-9-13-21(28)15-19)30(18-23(33-2)34-3)17-22(25(26)31)20-11-7-6-8-12-20/h6-13,15,17,23H,4-5,14,16,18H2,1-3H3,(H,29,32). The van der Waals surface area contributed by atoms with Crippen molar-refractivity contribution < 1.29 is 19.0 Å². The Bertz CT molecular complexity index is 1180. The third-order valence-corrected chi connectivity index (χ3v) is 5.73. The first-order valence-corrected chi connectivity index (χ1v) is 11.9. The highest BCUT2D eigenvalue weighted by Gasteiger charge is 2.25. The number of unbranched alkanes of at least 4 members (excludes halogenated alkanes) is 1. The summed E-state index contributed by atoms with van der Waals surface area (Å²) >= 11 is 6.08. The van der Waals surface area contributed by atoms with Gasteiger partial charge in [-0.25, -0.2) is 0 Å². The number of pyridine rings is 1. The quantitative estimate of drug-likeness (QED) is 0.284. The Balaban J connectivity index is 2.10. The number of methoxy groups -OCH3 is 2. The first kappa shape index (κ1) is 26.5. The Morgan fingerprint density at radius 1 is 1.09 bits per heavy atom. The summed E-state index contributed by atoms with van der Waals surface area (Å²) in [7, 11) is 3.04. The van der Waals surface area contributed by atoms with Gasteiger partial charge in [-0.05, 0) is 29.7 Å². The van der Waals surface area contributed by atoms with Gasteiger partial charge < -0.3 is 24.1 Å². The maximum Gasteiger partial charge on any atom is 0.272 e. The zero-order valence-electron chi connectivity index (χ0n) is 20.3. The van der Waals surface area contributed by atoms with Gasteiger partial charge in [0, 0.05) is 37.5 Å². The Morgan fingerprint density at radius 3 is 2.49 bits per heavy atom. The van der Waals surface area contributed by atoms with Crippen LogP contribution in [0.2, 0.25) is 5.02 Å². The fraction of sp³-hybridized carbons (Fsp3) is 0.333. The van der Waals surface area contributed by atoms with E-state index in [9.17, 15) is 9.59 Å². The molecule has 0 bridgehead atoms. The van der Waals surface area contributed by atoms with Crippen LogP contribution in [0, 0.1) is 0 Å². The molecule has 0 aliphatic carbocycles. The maximum atomic E-state index is 13.6. The number of ether oxygens (including phenoxy) is 3. The molecule has 1 heterocycles. The van der Waals surface area contributed by atoms with Crippen LogP contribution >= 0.6 is 11.6 Å². The van der Waals surface area contributed by atoms with Gasteiger partial charge in [0.15, 0.2) is 17.7 Å². The van der Waals surface area contributed by atoms with Crippen molar-refractivity contribution in [3.63, 3.8) is 0 Å². The molecule has 0 aliphatic rings. The van der Waals surface area contributed by atoms with Gasteiger partial charge in [0.2, 0.25) is 5.43 Å². The van der Waals surface area contributed by atoms with Crippen LogP contribution in [0.1, 0.15) is 35.8 Å². The predicted molar refractivity (Wildman–Crippen MR) is 137 cm³/mol. The summed E-state index contributed by atoms with van der Waals surface area (Å²) in [5, 5.41) is 3.47. The van der Waals surface area contributed by atoms with Gasteiger partial charge in [0.25, 0.3) is 5.91 Å². The minimum absolute atomic E-state index is 0.00866. The number of aromatic nitrogens is 1. The zero-order valence-corrected chi connectivity index (χ0v) is 21.0. The van der Waals surface area contributed by atoms with Crippen LogP contribution in [0.25, 0.3) is 11.1 Å². The highest BCUT2D eigenvalue weighted by molar-refractivity contribution is 6.30. The van der Waals surface area contributed by atoms with Crippen molar-refractivity contribution in [3.05, 3.63) is 87.3 Å². The van der Waals surface area contributed by atoms with E-state index in [0.29, 0.717) is 17.2 Å². The highest BCUT2D eigenvalue weighted by Crippen LogP contribution is 2.24. The molecule has 0 unspecified atom stereocenters. The minimum atomic E-state index is -0.635. The Morgan fingerprint density at radius 2 is 1.83 bits per heavy atom. The van der Waals surface area contributed by atoms with Crippen LogP contribution < -0.4 is 15.5 Å². The van der Waals surface area contributed by atoms with E-state index in [1.807, 2.05) is 49.4 Å². The van der Waals surface area contributed by atoms with Crippen molar-refractivity contribution in [2.24, 2.45) is 0 Å². The van der Waals surface area contributed by atoms with E-state index in [-0.39, 0.29) is 30.0 Å². The molecule has 1 amide bonds. The van der Waals surface area contributed by atoms with Crippen molar-refractivity contribution in [1.82, 2.24) is 9.88 Å². The molecule has 0 saturated heterocycles. The monoisotopic (exact) mass is 498 g/mol. The van der Waals surface area contributed by atoms with E-state index < -0.39 is 12.2 Å². The van der Waals surface area contributed by atoms with E-state index in [0.717, 1.165) is 24.0 Å². The number of benzene rings is 2. The number of hydrogen-bond donors (Lipinski definition) is 1. The summed E-state index contributed by atoms with van der Waals surface area (Å²) < 4.78 is 18.4. The van der Waals surface area contributed by atoms with E-state index in [2.05, 4.69) is 5.32 Å². The molecule has 3 aromatic rings. The van der Waals surface area contributed by atoms with Gasteiger partial charge in [-0.1, -0.05) is 67.4 Å². The smallest absolute Gasteiger partial charge is 0.272 e. The normalized spacial score (nSPS) is 11.0. The lowest BCUT2D eigenvalue weighted by Crippen LogP contribution is -2.33. The molecular formula is C27H31ClN2O5. The van der Waals surface area contributed by atoms with Crippen LogP contribution in [-0.2, 0) is 22.6 Å². The molecule has 0 saturated carbocycles. The lowest BCUT2D eigenvalue weighted by Gasteiger charge is -2.22. The minimum Gasteiger partial charge on any atom is -0.487 e. The van der Waals surface area contributed by atoms with Crippen molar-refractivity contribution in [2.45, 2.75) is 39.1 Å². The first-order chi connectivity index (χ1) is 17.0. The average molecular weight is 499 g/mol. The average Bonchev–Trinajstić information content (AvgIpc) is 2.87. The Hall–Kier alpha value is -3.13. The van der Waals surface area contributed by atoms with Crippen molar-refractivity contribution in [3.8, 4) is 16.9 Å². The van der Waals surface area contributed by atoms with Crippen LogP contribution in [0.3, 0.4) is 0 Å². The van der Waals surface area contributed by atoms with Crippen molar-refractivity contribution >= 4 is 17.5 Å². The molecular weight excluding hydrogens is 468 g/mol. The molecule has 0 spiro atoms. The number of hydrogen-bond acceptors (Lipinski definition) is 5. The summed E-state index contributed by atoms with van der Waals surface area (Å²) in [4.78, 5) is 27.1. The summed E-state index contributed by atoms with van der Waals surface area (Å²) in [6.45, 7) is 2.76. The summed E-state index contributed by atoms with van der Waals surface area (Å²) in [6, 6.07) is 16.5. The molecule has 1 aromatic heterocycles. The van der Waals surface area contributed by atoms with Gasteiger partial charge >= 0.3 is 0 Å². The molecule has 2 aromatic carbocycles. The molecule has 8 heteroatoms. The largest absolute Gasteiger partial charge is 0.487 e. The van der Waals surface area contributed by atoms with Crippen LogP contribution in [0.4, 0.5) is 0 Å². The van der Waals surface area contributed by atoms with E-state index in [1.54, 1.807) is 22.9 Å². The number of nitrogens with one attached hydrogen (secondary N) is 1. The zero-order chi connectivity index (χ0) is 25.2. The van der Waals surface area contributed by atoms with Crippen molar-refractivity contribution in [2.75, 3.05) is 20.8 Å². The summed E-state index contributed by atoms with van der Waals surface area (Å²) in [5.74, 6) is -0.437. The van der Waals surface area contributed by atoms with Gasteiger partial charge in [-0.3, -0.25) is 9.59 Å². The van der Waals surface area contributed by atoms with Crippen LogP contribution in [0.15, 0.2) is 65.6 Å². The number of nitrogens with zero attached hydrogens (tertiary/aromatic N) is 1. The molecule has 0 radical (unpaired) electrons. The molecule has 7 nitrogen and oxygen atoms in total. The molecule has 186 valence electrons. The third kappa shape index (κ3) is 6.94. The topological polar surface area (TPSA) is 78.8 Å². The molecule has 0 fully saturated rings. The van der Waals surface area contributed by atoms with Gasteiger partial charge in [0.05, 0.1) is 13.2 Å². The van der Waals surface area contributed by atoms with Crippen molar-refractivity contribution in [1.29, 1.82) is 0 Å². The third-order valence-electron chi connectivity index (χ3n) is 5.50. The van der Waals surface area contributed by atoms with Crippen LogP contribution in [-0.4, -0.2) is 37.6 Å². The second-order valence-electron chi connectivity index (χ2n) is 7.98. The predicted octanol–water partition coefficient (Wildman–Crippen LogP) is 4.90. The second kappa shape index (κ2) is 13.1. The number of rotatable bonds is 12. The number of amides is 1. The van der Waals surface area contributed by atoms with E-state index >= 15 is 0 Å². The first-order valence-electron chi connectivity index (χ1n) is 11.5. The maximum absolute atomic E-state index is 13.6. The summed E-state index contributed by atoms with van der Waals surface area (Å²) in [6.07, 6.45) is 2.66. The molecule has 3 rings (SSSR count). The fourth-order valence-electron chi connectivity index (χ4n) is 3.61. The molecule has 35 heavy (non-hydrogen) atoms.